The Hall–Kier alpha value is -1.35. The monoisotopic (exact) mass is 246 g/mol. The van der Waals surface area contributed by atoms with E-state index in [9.17, 15) is 4.79 Å². The van der Waals surface area contributed by atoms with Gasteiger partial charge >= 0.3 is 0 Å². The van der Waals surface area contributed by atoms with Gasteiger partial charge in [-0.3, -0.25) is 4.79 Å². The number of carbonyl (C=O) groups excluding carboxylic acids is 1. The molecule has 98 valence electrons. The lowest BCUT2D eigenvalue weighted by Crippen LogP contribution is -2.41. The average Bonchev–Trinajstić information content (AvgIpc) is 2.41. The van der Waals surface area contributed by atoms with Crippen molar-refractivity contribution in [2.24, 2.45) is 5.92 Å². The second kappa shape index (κ2) is 6.01. The summed E-state index contributed by atoms with van der Waals surface area (Å²) in [5, 5.41) is 3.30. The quantitative estimate of drug-likeness (QED) is 0.884. The second-order valence-corrected chi connectivity index (χ2v) is 5.16. The van der Waals surface area contributed by atoms with E-state index >= 15 is 0 Å². The van der Waals surface area contributed by atoms with Crippen molar-refractivity contribution in [1.29, 1.82) is 0 Å². The molecule has 18 heavy (non-hydrogen) atoms. The van der Waals surface area contributed by atoms with Gasteiger partial charge < -0.3 is 10.2 Å². The summed E-state index contributed by atoms with van der Waals surface area (Å²) in [7, 11) is 1.91. The summed E-state index contributed by atoms with van der Waals surface area (Å²) >= 11 is 0. The van der Waals surface area contributed by atoms with Crippen LogP contribution in [-0.2, 0) is 11.3 Å². The zero-order chi connectivity index (χ0) is 13.0. The topological polar surface area (TPSA) is 32.3 Å². The first kappa shape index (κ1) is 13.1. The minimum absolute atomic E-state index is 0.160. The zero-order valence-electron chi connectivity index (χ0n) is 11.3. The molecule has 1 aromatic carbocycles. The Bertz CT molecular complexity index is 411. The lowest BCUT2D eigenvalue weighted by molar-refractivity contribution is -0.135. The smallest absolute Gasteiger partial charge is 0.227 e. The molecule has 1 heterocycles. The van der Waals surface area contributed by atoms with Crippen LogP contribution in [0.25, 0.3) is 0 Å². The van der Waals surface area contributed by atoms with Gasteiger partial charge in [0.15, 0.2) is 0 Å². The molecule has 1 aromatic rings. The standard InChI is InChI=1S/C15H22N2O/c1-12-6-3-4-7-14(12)11-17(2)15(18)13-8-5-9-16-10-13/h3-4,6-7,13,16H,5,8-11H2,1-2H3. The van der Waals surface area contributed by atoms with E-state index in [2.05, 4.69) is 24.4 Å². The van der Waals surface area contributed by atoms with Crippen molar-refractivity contribution in [2.75, 3.05) is 20.1 Å². The van der Waals surface area contributed by atoms with Crippen molar-refractivity contribution in [1.82, 2.24) is 10.2 Å². The van der Waals surface area contributed by atoms with Crippen molar-refractivity contribution in [3.63, 3.8) is 0 Å². The summed E-state index contributed by atoms with van der Waals surface area (Å²) in [4.78, 5) is 14.2. The average molecular weight is 246 g/mol. The molecule has 0 saturated carbocycles. The Labute approximate surface area is 109 Å². The summed E-state index contributed by atoms with van der Waals surface area (Å²) in [6.45, 7) is 4.68. The molecular formula is C15H22N2O. The molecule has 0 aliphatic carbocycles. The number of nitrogens with one attached hydrogen (secondary N) is 1. The van der Waals surface area contributed by atoms with Gasteiger partial charge in [0.25, 0.3) is 0 Å². The highest BCUT2D eigenvalue weighted by Crippen LogP contribution is 2.15. The number of hydrogen-bond acceptors (Lipinski definition) is 2. The van der Waals surface area contributed by atoms with Gasteiger partial charge in [0.2, 0.25) is 5.91 Å². The van der Waals surface area contributed by atoms with Gasteiger partial charge in [-0.1, -0.05) is 24.3 Å². The van der Waals surface area contributed by atoms with E-state index in [1.54, 1.807) is 0 Å². The third kappa shape index (κ3) is 3.10. The number of nitrogens with zero attached hydrogens (tertiary/aromatic N) is 1. The fraction of sp³-hybridized carbons (Fsp3) is 0.533. The maximum Gasteiger partial charge on any atom is 0.227 e. The zero-order valence-corrected chi connectivity index (χ0v) is 11.3. The van der Waals surface area contributed by atoms with Crippen molar-refractivity contribution >= 4 is 5.91 Å². The predicted octanol–water partition coefficient (Wildman–Crippen LogP) is 1.95. The molecule has 1 saturated heterocycles. The van der Waals surface area contributed by atoms with E-state index in [0.29, 0.717) is 6.54 Å². The first-order valence-electron chi connectivity index (χ1n) is 6.68. The minimum Gasteiger partial charge on any atom is -0.341 e. The number of piperidine rings is 1. The SMILES string of the molecule is Cc1ccccc1CN(C)C(=O)C1CCCNC1. The number of benzene rings is 1. The normalized spacial score (nSPS) is 19.6. The maximum atomic E-state index is 12.3. The van der Waals surface area contributed by atoms with Gasteiger partial charge in [-0.15, -0.1) is 0 Å². The molecule has 0 spiro atoms. The largest absolute Gasteiger partial charge is 0.341 e. The van der Waals surface area contributed by atoms with Crippen LogP contribution in [0.15, 0.2) is 24.3 Å². The van der Waals surface area contributed by atoms with Crippen LogP contribution in [0.4, 0.5) is 0 Å². The van der Waals surface area contributed by atoms with Crippen LogP contribution in [-0.4, -0.2) is 30.9 Å². The third-order valence-corrected chi connectivity index (χ3v) is 3.69. The molecule has 1 aliphatic heterocycles. The summed E-state index contributed by atoms with van der Waals surface area (Å²) in [6.07, 6.45) is 2.12. The lowest BCUT2D eigenvalue weighted by Gasteiger charge is -2.27. The molecule has 0 bridgehead atoms. The van der Waals surface area contributed by atoms with Crippen LogP contribution >= 0.6 is 0 Å². The Morgan fingerprint density at radius 1 is 1.44 bits per heavy atom. The molecule has 1 atom stereocenters. The van der Waals surface area contributed by atoms with Gasteiger partial charge in [-0.2, -0.15) is 0 Å². The Morgan fingerprint density at radius 3 is 2.89 bits per heavy atom. The molecule has 1 amide bonds. The fourth-order valence-electron chi connectivity index (χ4n) is 2.50. The Kier molecular flexibility index (Phi) is 4.37. The fourth-order valence-corrected chi connectivity index (χ4v) is 2.50. The van der Waals surface area contributed by atoms with Crippen molar-refractivity contribution in [3.8, 4) is 0 Å². The van der Waals surface area contributed by atoms with Gasteiger partial charge in [-0.25, -0.2) is 0 Å². The summed E-state index contributed by atoms with van der Waals surface area (Å²) in [5.74, 6) is 0.429. The van der Waals surface area contributed by atoms with Crippen molar-refractivity contribution < 1.29 is 4.79 Å². The van der Waals surface area contributed by atoms with Gasteiger partial charge in [0.1, 0.15) is 0 Å². The second-order valence-electron chi connectivity index (χ2n) is 5.16. The highest BCUT2D eigenvalue weighted by atomic mass is 16.2. The highest BCUT2D eigenvalue weighted by Gasteiger charge is 2.23. The molecule has 1 fully saturated rings. The van der Waals surface area contributed by atoms with Gasteiger partial charge in [0, 0.05) is 20.1 Å². The minimum atomic E-state index is 0.160. The van der Waals surface area contributed by atoms with Gasteiger partial charge in [0.05, 0.1) is 5.92 Å². The molecule has 0 radical (unpaired) electrons. The number of aryl methyl sites for hydroxylation is 1. The predicted molar refractivity (Wildman–Crippen MR) is 73.2 cm³/mol. The molecule has 3 heteroatoms. The number of rotatable bonds is 3. The summed E-state index contributed by atoms with van der Waals surface area (Å²) < 4.78 is 0. The highest BCUT2D eigenvalue weighted by molar-refractivity contribution is 5.79. The van der Waals surface area contributed by atoms with E-state index < -0.39 is 0 Å². The Balaban J connectivity index is 1.96. The van der Waals surface area contributed by atoms with Gasteiger partial charge in [-0.05, 0) is 37.4 Å². The summed E-state index contributed by atoms with van der Waals surface area (Å²) in [5.41, 5.74) is 2.48. The van der Waals surface area contributed by atoms with Crippen molar-refractivity contribution in [2.45, 2.75) is 26.3 Å². The van der Waals surface area contributed by atoms with E-state index in [0.717, 1.165) is 25.9 Å². The van der Waals surface area contributed by atoms with Crippen LogP contribution in [0.2, 0.25) is 0 Å². The van der Waals surface area contributed by atoms with Crippen LogP contribution in [0.1, 0.15) is 24.0 Å². The number of carbonyl (C=O) groups is 1. The van der Waals surface area contributed by atoms with Crippen LogP contribution in [0, 0.1) is 12.8 Å². The van der Waals surface area contributed by atoms with E-state index in [4.69, 9.17) is 0 Å². The van der Waals surface area contributed by atoms with Crippen molar-refractivity contribution in [3.05, 3.63) is 35.4 Å². The van der Waals surface area contributed by atoms with E-state index in [1.807, 2.05) is 24.1 Å². The molecule has 3 nitrogen and oxygen atoms in total. The van der Waals surface area contributed by atoms with Crippen LogP contribution in [0.5, 0.6) is 0 Å². The lowest BCUT2D eigenvalue weighted by atomic mass is 9.98. The summed E-state index contributed by atoms with van der Waals surface area (Å²) in [6, 6.07) is 8.25. The molecular weight excluding hydrogens is 224 g/mol. The van der Waals surface area contributed by atoms with Crippen LogP contribution < -0.4 is 5.32 Å². The van der Waals surface area contributed by atoms with E-state index in [1.165, 1.54) is 11.1 Å². The molecule has 1 N–H and O–H groups in total. The first-order chi connectivity index (χ1) is 8.68. The Morgan fingerprint density at radius 2 is 2.22 bits per heavy atom. The molecule has 1 aliphatic rings. The molecule has 0 aromatic heterocycles. The third-order valence-electron chi connectivity index (χ3n) is 3.69. The molecule has 2 rings (SSSR count). The number of hydrogen-bond donors (Lipinski definition) is 1. The van der Waals surface area contributed by atoms with E-state index in [-0.39, 0.29) is 11.8 Å². The molecule has 1 unspecified atom stereocenters. The van der Waals surface area contributed by atoms with Crippen LogP contribution in [0.3, 0.4) is 0 Å². The number of amides is 1. The first-order valence-corrected chi connectivity index (χ1v) is 6.68. The maximum absolute atomic E-state index is 12.3.